The van der Waals surface area contributed by atoms with Crippen molar-refractivity contribution in [2.24, 2.45) is 5.92 Å². The number of hydrogen-bond donors (Lipinski definition) is 1. The van der Waals surface area contributed by atoms with Crippen molar-refractivity contribution in [3.05, 3.63) is 0 Å². The van der Waals surface area contributed by atoms with Gasteiger partial charge in [0, 0.05) is 5.54 Å². The van der Waals surface area contributed by atoms with Gasteiger partial charge < -0.3 is 5.21 Å². The van der Waals surface area contributed by atoms with Crippen molar-refractivity contribution in [2.45, 2.75) is 45.2 Å². The van der Waals surface area contributed by atoms with Crippen molar-refractivity contribution in [1.29, 1.82) is 5.26 Å². The lowest BCUT2D eigenvalue weighted by Crippen LogP contribution is -2.47. The lowest BCUT2D eigenvalue weighted by molar-refractivity contribution is -0.194. The van der Waals surface area contributed by atoms with Gasteiger partial charge in [0.15, 0.2) is 0 Å². The van der Waals surface area contributed by atoms with Gasteiger partial charge in [0.2, 0.25) is 0 Å². The maximum absolute atomic E-state index is 9.77. The van der Waals surface area contributed by atoms with E-state index in [-0.39, 0.29) is 11.5 Å². The van der Waals surface area contributed by atoms with Crippen molar-refractivity contribution in [3.63, 3.8) is 0 Å². The van der Waals surface area contributed by atoms with E-state index in [4.69, 9.17) is 5.26 Å². The summed E-state index contributed by atoms with van der Waals surface area (Å²) in [7, 11) is 0. The molecular weight excluding hydrogens is 152 g/mol. The maximum atomic E-state index is 9.77. The van der Waals surface area contributed by atoms with Crippen LogP contribution in [0.5, 0.6) is 0 Å². The molecule has 0 radical (unpaired) electrons. The molecule has 1 aliphatic heterocycles. The molecule has 0 saturated carbocycles. The molecule has 1 fully saturated rings. The Morgan fingerprint density at radius 3 is 2.08 bits per heavy atom. The van der Waals surface area contributed by atoms with Crippen LogP contribution in [0, 0.1) is 17.2 Å². The van der Waals surface area contributed by atoms with E-state index >= 15 is 0 Å². The monoisotopic (exact) mass is 168 g/mol. The third-order valence-electron chi connectivity index (χ3n) is 2.83. The first-order valence-electron chi connectivity index (χ1n) is 4.21. The molecule has 0 aromatic carbocycles. The third-order valence-corrected chi connectivity index (χ3v) is 2.83. The van der Waals surface area contributed by atoms with Crippen LogP contribution in [0.25, 0.3) is 0 Å². The summed E-state index contributed by atoms with van der Waals surface area (Å²) in [6.45, 7) is 7.70. The molecular formula is C9H16N2O. The molecule has 0 aromatic heterocycles. The van der Waals surface area contributed by atoms with E-state index in [0.717, 1.165) is 6.42 Å². The molecule has 0 unspecified atom stereocenters. The van der Waals surface area contributed by atoms with Gasteiger partial charge in [-0.15, -0.1) is 0 Å². The van der Waals surface area contributed by atoms with Crippen molar-refractivity contribution in [1.82, 2.24) is 5.06 Å². The van der Waals surface area contributed by atoms with Gasteiger partial charge in [-0.05, 0) is 34.1 Å². The largest absolute Gasteiger partial charge is 0.313 e. The van der Waals surface area contributed by atoms with Crippen LogP contribution in [0.3, 0.4) is 0 Å². The van der Waals surface area contributed by atoms with Crippen LogP contribution in [0.15, 0.2) is 0 Å². The Morgan fingerprint density at radius 1 is 1.42 bits per heavy atom. The zero-order chi connectivity index (χ0) is 9.57. The number of nitrogens with zero attached hydrogens (tertiary/aromatic N) is 2. The first-order chi connectivity index (χ1) is 5.32. The predicted molar refractivity (Wildman–Crippen MR) is 45.5 cm³/mol. The lowest BCUT2D eigenvalue weighted by atomic mass is 9.88. The third kappa shape index (κ3) is 1.12. The molecule has 1 heterocycles. The molecule has 12 heavy (non-hydrogen) atoms. The Labute approximate surface area is 73.6 Å². The standard InChI is InChI=1S/C9H16N2O/c1-8(2)5-7(6-10)9(3,4)11(8)12/h7,12H,5H2,1-4H3/t7-/m1/s1. The summed E-state index contributed by atoms with van der Waals surface area (Å²) in [5.74, 6) is -0.0856. The average molecular weight is 168 g/mol. The highest BCUT2D eigenvalue weighted by molar-refractivity contribution is 5.09. The minimum Gasteiger partial charge on any atom is -0.313 e. The van der Waals surface area contributed by atoms with Gasteiger partial charge in [0.05, 0.1) is 17.5 Å². The SMILES string of the molecule is CC1(C)C[C@H](C#N)C(C)(C)N1O. The number of hydroxylamine groups is 2. The molecule has 1 rings (SSSR count). The molecule has 1 saturated heterocycles. The van der Waals surface area contributed by atoms with Crippen LogP contribution in [-0.2, 0) is 0 Å². The van der Waals surface area contributed by atoms with Gasteiger partial charge in [-0.25, -0.2) is 0 Å². The fourth-order valence-corrected chi connectivity index (χ4v) is 1.97. The van der Waals surface area contributed by atoms with Gasteiger partial charge in [-0.1, -0.05) is 0 Å². The molecule has 0 aliphatic carbocycles. The van der Waals surface area contributed by atoms with Crippen LogP contribution in [0.4, 0.5) is 0 Å². The van der Waals surface area contributed by atoms with E-state index in [1.54, 1.807) is 0 Å². The van der Waals surface area contributed by atoms with E-state index in [2.05, 4.69) is 6.07 Å². The van der Waals surface area contributed by atoms with Crippen LogP contribution in [0.2, 0.25) is 0 Å². The smallest absolute Gasteiger partial charge is 0.0683 e. The van der Waals surface area contributed by atoms with Gasteiger partial charge in [0.1, 0.15) is 0 Å². The fraction of sp³-hybridized carbons (Fsp3) is 0.889. The molecule has 3 nitrogen and oxygen atoms in total. The highest BCUT2D eigenvalue weighted by Crippen LogP contribution is 2.42. The molecule has 1 aliphatic rings. The molecule has 3 heteroatoms. The lowest BCUT2D eigenvalue weighted by Gasteiger charge is -2.34. The Kier molecular flexibility index (Phi) is 1.94. The second kappa shape index (κ2) is 2.45. The maximum Gasteiger partial charge on any atom is 0.0683 e. The van der Waals surface area contributed by atoms with Crippen molar-refractivity contribution >= 4 is 0 Å². The highest BCUT2D eigenvalue weighted by atomic mass is 16.5. The van der Waals surface area contributed by atoms with Gasteiger partial charge in [0.25, 0.3) is 0 Å². The number of nitriles is 1. The quantitative estimate of drug-likeness (QED) is 0.599. The Hall–Kier alpha value is -0.590. The van der Waals surface area contributed by atoms with Gasteiger partial charge in [-0.2, -0.15) is 10.3 Å². The van der Waals surface area contributed by atoms with Crippen LogP contribution < -0.4 is 0 Å². The summed E-state index contributed by atoms with van der Waals surface area (Å²) in [6.07, 6.45) is 0.729. The predicted octanol–water partition coefficient (Wildman–Crippen LogP) is 1.78. The Bertz CT molecular complexity index is 227. The topological polar surface area (TPSA) is 47.3 Å². The molecule has 0 bridgehead atoms. The Balaban J connectivity index is 2.98. The van der Waals surface area contributed by atoms with Crippen molar-refractivity contribution < 1.29 is 5.21 Å². The van der Waals surface area contributed by atoms with E-state index in [0.29, 0.717) is 0 Å². The van der Waals surface area contributed by atoms with E-state index in [1.165, 1.54) is 5.06 Å². The highest BCUT2D eigenvalue weighted by Gasteiger charge is 2.51. The summed E-state index contributed by atoms with van der Waals surface area (Å²) >= 11 is 0. The van der Waals surface area contributed by atoms with Crippen LogP contribution >= 0.6 is 0 Å². The molecule has 1 atom stereocenters. The number of hydrogen-bond acceptors (Lipinski definition) is 3. The molecule has 1 N–H and O–H groups in total. The van der Waals surface area contributed by atoms with Crippen molar-refractivity contribution in [3.8, 4) is 6.07 Å². The zero-order valence-electron chi connectivity index (χ0n) is 8.13. The normalized spacial score (nSPS) is 33.2. The van der Waals surface area contributed by atoms with E-state index in [9.17, 15) is 5.21 Å². The number of rotatable bonds is 0. The fourth-order valence-electron chi connectivity index (χ4n) is 1.97. The summed E-state index contributed by atoms with van der Waals surface area (Å²) in [5, 5.41) is 19.9. The second-order valence-corrected chi connectivity index (χ2v) is 4.66. The Morgan fingerprint density at radius 2 is 1.92 bits per heavy atom. The van der Waals surface area contributed by atoms with E-state index < -0.39 is 5.54 Å². The molecule has 0 spiro atoms. The first kappa shape index (κ1) is 9.50. The minimum absolute atomic E-state index is 0.0856. The summed E-state index contributed by atoms with van der Waals surface area (Å²) in [4.78, 5) is 0. The molecule has 68 valence electrons. The minimum atomic E-state index is -0.418. The van der Waals surface area contributed by atoms with Gasteiger partial charge in [-0.3, -0.25) is 0 Å². The van der Waals surface area contributed by atoms with Crippen molar-refractivity contribution in [2.75, 3.05) is 0 Å². The summed E-state index contributed by atoms with van der Waals surface area (Å²) in [6, 6.07) is 2.24. The first-order valence-corrected chi connectivity index (χ1v) is 4.21. The summed E-state index contributed by atoms with van der Waals surface area (Å²) in [5.41, 5.74) is -0.692. The molecule has 0 aromatic rings. The average Bonchev–Trinajstić information content (AvgIpc) is 2.11. The summed E-state index contributed by atoms with van der Waals surface area (Å²) < 4.78 is 0. The van der Waals surface area contributed by atoms with Gasteiger partial charge >= 0.3 is 0 Å². The zero-order valence-corrected chi connectivity index (χ0v) is 8.13. The molecule has 0 amide bonds. The van der Waals surface area contributed by atoms with E-state index in [1.807, 2.05) is 27.7 Å². The second-order valence-electron chi connectivity index (χ2n) is 4.66. The van der Waals surface area contributed by atoms with Crippen LogP contribution in [0.1, 0.15) is 34.1 Å². The van der Waals surface area contributed by atoms with Crippen LogP contribution in [-0.4, -0.2) is 21.3 Å².